The molecule has 56 valence electrons. The van der Waals surface area contributed by atoms with Gasteiger partial charge in [0, 0.05) is 5.69 Å². The monoisotopic (exact) mass is 148 g/mol. The number of hydrogen-bond donors (Lipinski definition) is 1. The highest BCUT2D eigenvalue weighted by Gasteiger charge is 2.04. The lowest BCUT2D eigenvalue weighted by atomic mass is 10.2. The van der Waals surface area contributed by atoms with Gasteiger partial charge in [-0.15, -0.1) is 0 Å². The number of pyridine rings is 1. The van der Waals surface area contributed by atoms with Gasteiger partial charge in [0.05, 0.1) is 11.3 Å². The van der Waals surface area contributed by atoms with Crippen LogP contribution in [0.5, 0.6) is 5.75 Å². The van der Waals surface area contributed by atoms with Gasteiger partial charge in [0.15, 0.2) is 5.75 Å². The average Bonchev–Trinajstić information content (AvgIpc) is 1.96. The lowest BCUT2D eigenvalue weighted by molar-refractivity contribution is 0.465. The molecule has 1 aromatic rings. The fourth-order valence-electron chi connectivity index (χ4n) is 0.907. The summed E-state index contributed by atoms with van der Waals surface area (Å²) in [6.07, 6.45) is 0. The molecule has 0 spiro atoms. The van der Waals surface area contributed by atoms with Crippen molar-refractivity contribution in [3.8, 4) is 11.8 Å². The van der Waals surface area contributed by atoms with E-state index in [9.17, 15) is 5.11 Å². The predicted octanol–water partition coefficient (Wildman–Crippen LogP) is 1.28. The average molecular weight is 148 g/mol. The molecule has 11 heavy (non-hydrogen) atoms. The molecule has 1 N–H and O–H groups in total. The summed E-state index contributed by atoms with van der Waals surface area (Å²) in [5.74, 6) is -0.0156. The van der Waals surface area contributed by atoms with E-state index in [-0.39, 0.29) is 11.3 Å². The summed E-state index contributed by atoms with van der Waals surface area (Å²) < 4.78 is 0. The first-order valence-electron chi connectivity index (χ1n) is 3.22. The zero-order valence-corrected chi connectivity index (χ0v) is 6.42. The largest absolute Gasteiger partial charge is 0.505 e. The highest BCUT2D eigenvalue weighted by molar-refractivity contribution is 5.44. The fourth-order valence-corrected chi connectivity index (χ4v) is 0.907. The van der Waals surface area contributed by atoms with Crippen LogP contribution in [0.25, 0.3) is 0 Å². The van der Waals surface area contributed by atoms with Crippen LogP contribution in [0.15, 0.2) is 6.07 Å². The van der Waals surface area contributed by atoms with Gasteiger partial charge in [-0.25, -0.2) is 0 Å². The van der Waals surface area contributed by atoms with Crippen LogP contribution in [-0.4, -0.2) is 10.1 Å². The maximum atomic E-state index is 9.24. The molecule has 0 atom stereocenters. The molecule has 0 unspecified atom stereocenters. The zero-order chi connectivity index (χ0) is 8.43. The summed E-state index contributed by atoms with van der Waals surface area (Å²) in [5.41, 5.74) is 1.54. The lowest BCUT2D eigenvalue weighted by Crippen LogP contribution is -1.89. The third kappa shape index (κ3) is 1.30. The molecule has 3 heteroatoms. The standard InChI is InChI=1S/C8H8N2O/c1-5-3-7(4-9)8(11)6(2)10-5/h3,11H,1-2H3. The highest BCUT2D eigenvalue weighted by atomic mass is 16.3. The second kappa shape index (κ2) is 2.59. The molecule has 3 nitrogen and oxygen atoms in total. The number of aromatic nitrogens is 1. The first-order chi connectivity index (χ1) is 5.15. The van der Waals surface area contributed by atoms with Crippen LogP contribution in [0.3, 0.4) is 0 Å². The Morgan fingerprint density at radius 3 is 2.73 bits per heavy atom. The molecule has 0 amide bonds. The number of aryl methyl sites for hydroxylation is 2. The van der Waals surface area contributed by atoms with E-state index in [0.717, 1.165) is 5.69 Å². The molecule has 0 aliphatic rings. The Hall–Kier alpha value is -1.56. The maximum absolute atomic E-state index is 9.24. The lowest BCUT2D eigenvalue weighted by Gasteiger charge is -2.00. The van der Waals surface area contributed by atoms with E-state index in [1.54, 1.807) is 19.9 Å². The summed E-state index contributed by atoms with van der Waals surface area (Å²) in [4.78, 5) is 3.98. The third-order valence-electron chi connectivity index (χ3n) is 1.42. The second-order valence-electron chi connectivity index (χ2n) is 2.36. The van der Waals surface area contributed by atoms with Crippen molar-refractivity contribution < 1.29 is 5.11 Å². The number of nitrogens with zero attached hydrogens (tertiary/aromatic N) is 2. The van der Waals surface area contributed by atoms with Gasteiger partial charge in [0.1, 0.15) is 6.07 Å². The fraction of sp³-hybridized carbons (Fsp3) is 0.250. The Morgan fingerprint density at radius 2 is 2.18 bits per heavy atom. The van der Waals surface area contributed by atoms with Crippen molar-refractivity contribution in [2.75, 3.05) is 0 Å². The molecule has 0 bridgehead atoms. The van der Waals surface area contributed by atoms with Gasteiger partial charge in [-0.3, -0.25) is 4.98 Å². The Morgan fingerprint density at radius 1 is 1.55 bits per heavy atom. The van der Waals surface area contributed by atoms with E-state index in [2.05, 4.69) is 4.98 Å². The highest BCUT2D eigenvalue weighted by Crippen LogP contribution is 2.19. The van der Waals surface area contributed by atoms with Gasteiger partial charge in [0.25, 0.3) is 0 Å². The molecule has 1 aromatic heterocycles. The molecule has 1 rings (SSSR count). The van der Waals surface area contributed by atoms with Gasteiger partial charge in [-0.2, -0.15) is 5.26 Å². The molecule has 1 heterocycles. The van der Waals surface area contributed by atoms with Crippen molar-refractivity contribution in [1.29, 1.82) is 5.26 Å². The van der Waals surface area contributed by atoms with Crippen LogP contribution in [0.2, 0.25) is 0 Å². The molecular formula is C8H8N2O. The number of aromatic hydroxyl groups is 1. The summed E-state index contributed by atoms with van der Waals surface area (Å²) in [6, 6.07) is 3.44. The topological polar surface area (TPSA) is 56.9 Å². The SMILES string of the molecule is Cc1cc(C#N)c(O)c(C)n1. The molecule has 0 saturated heterocycles. The van der Waals surface area contributed by atoms with Crippen LogP contribution in [0.1, 0.15) is 17.0 Å². The summed E-state index contributed by atoms with van der Waals surface area (Å²) in [5, 5.41) is 17.8. The van der Waals surface area contributed by atoms with E-state index < -0.39 is 0 Å². The van der Waals surface area contributed by atoms with Crippen molar-refractivity contribution in [3.63, 3.8) is 0 Å². The van der Waals surface area contributed by atoms with Gasteiger partial charge in [0.2, 0.25) is 0 Å². The smallest absolute Gasteiger partial charge is 0.154 e. The number of hydrogen-bond acceptors (Lipinski definition) is 3. The molecule has 0 saturated carbocycles. The zero-order valence-electron chi connectivity index (χ0n) is 6.42. The van der Waals surface area contributed by atoms with Crippen LogP contribution in [-0.2, 0) is 0 Å². The van der Waals surface area contributed by atoms with E-state index in [1.807, 2.05) is 6.07 Å². The Balaban J connectivity index is 3.39. The summed E-state index contributed by atoms with van der Waals surface area (Å²) in [7, 11) is 0. The minimum Gasteiger partial charge on any atom is -0.505 e. The Labute approximate surface area is 64.9 Å². The van der Waals surface area contributed by atoms with Crippen LogP contribution >= 0.6 is 0 Å². The number of rotatable bonds is 0. The third-order valence-corrected chi connectivity index (χ3v) is 1.42. The van der Waals surface area contributed by atoms with Crippen molar-refractivity contribution in [3.05, 3.63) is 23.0 Å². The minimum atomic E-state index is -0.0156. The van der Waals surface area contributed by atoms with E-state index in [1.165, 1.54) is 0 Å². The van der Waals surface area contributed by atoms with Crippen LogP contribution in [0, 0.1) is 25.2 Å². The van der Waals surface area contributed by atoms with Gasteiger partial charge < -0.3 is 5.11 Å². The first kappa shape index (κ1) is 7.55. The molecule has 0 aliphatic heterocycles. The molecule has 0 fully saturated rings. The van der Waals surface area contributed by atoms with Crippen LogP contribution < -0.4 is 0 Å². The van der Waals surface area contributed by atoms with E-state index in [4.69, 9.17) is 5.26 Å². The van der Waals surface area contributed by atoms with Gasteiger partial charge >= 0.3 is 0 Å². The summed E-state index contributed by atoms with van der Waals surface area (Å²) in [6.45, 7) is 3.45. The van der Waals surface area contributed by atoms with Gasteiger partial charge in [-0.05, 0) is 19.9 Å². The predicted molar refractivity (Wildman–Crippen MR) is 40.1 cm³/mol. The van der Waals surface area contributed by atoms with Gasteiger partial charge in [-0.1, -0.05) is 0 Å². The molecule has 0 aromatic carbocycles. The molecular weight excluding hydrogens is 140 g/mol. The first-order valence-corrected chi connectivity index (χ1v) is 3.22. The van der Waals surface area contributed by atoms with Crippen molar-refractivity contribution in [2.24, 2.45) is 0 Å². The summed E-state index contributed by atoms with van der Waals surface area (Å²) >= 11 is 0. The molecule has 0 radical (unpaired) electrons. The Kier molecular flexibility index (Phi) is 1.77. The molecule has 0 aliphatic carbocycles. The van der Waals surface area contributed by atoms with Crippen molar-refractivity contribution in [2.45, 2.75) is 13.8 Å². The minimum absolute atomic E-state index is 0.0156. The van der Waals surface area contributed by atoms with E-state index >= 15 is 0 Å². The maximum Gasteiger partial charge on any atom is 0.154 e. The van der Waals surface area contributed by atoms with Crippen LogP contribution in [0.4, 0.5) is 0 Å². The van der Waals surface area contributed by atoms with Crippen molar-refractivity contribution in [1.82, 2.24) is 4.98 Å². The van der Waals surface area contributed by atoms with Crippen molar-refractivity contribution >= 4 is 0 Å². The Bertz CT molecular complexity index is 326. The second-order valence-corrected chi connectivity index (χ2v) is 2.36. The number of nitriles is 1. The normalized spacial score (nSPS) is 9.18. The van der Waals surface area contributed by atoms with E-state index in [0.29, 0.717) is 5.69 Å². The quantitative estimate of drug-likeness (QED) is 0.602.